The summed E-state index contributed by atoms with van der Waals surface area (Å²) in [7, 11) is 0. The molecular formula is C22H25FN8OS8. The van der Waals surface area contributed by atoms with Crippen molar-refractivity contribution in [2.45, 2.75) is 54.5 Å². The molecular weight excluding hydrogens is 668 g/mol. The minimum atomic E-state index is -1.24. The number of rotatable bonds is 6. The minimum absolute atomic E-state index is 0.0261. The Morgan fingerprint density at radius 3 is 2.27 bits per heavy atom. The fourth-order valence-corrected chi connectivity index (χ4v) is 8.86. The molecule has 3 aromatic rings. The van der Waals surface area contributed by atoms with Gasteiger partial charge in [0.1, 0.15) is 25.0 Å². The van der Waals surface area contributed by atoms with Crippen molar-refractivity contribution < 1.29 is 9.50 Å². The number of aromatic hydroxyl groups is 1. The van der Waals surface area contributed by atoms with Gasteiger partial charge in [-0.1, -0.05) is 6.07 Å². The van der Waals surface area contributed by atoms with Gasteiger partial charge in [-0.3, -0.25) is 0 Å². The highest BCUT2D eigenvalue weighted by Crippen LogP contribution is 2.76. The quantitative estimate of drug-likeness (QED) is 0.139. The highest BCUT2D eigenvalue weighted by molar-refractivity contribution is 8.15. The lowest BCUT2D eigenvalue weighted by Crippen LogP contribution is -2.54. The highest BCUT2D eigenvalue weighted by Gasteiger charge is 2.85. The van der Waals surface area contributed by atoms with E-state index in [1.54, 1.807) is 17.0 Å². The average Bonchev–Trinajstić information content (AvgIpc) is 3.43. The van der Waals surface area contributed by atoms with Crippen LogP contribution in [0, 0.1) is 11.8 Å². The van der Waals surface area contributed by atoms with Crippen molar-refractivity contribution in [2.24, 2.45) is 11.8 Å². The van der Waals surface area contributed by atoms with Gasteiger partial charge in [-0.2, -0.15) is 50.5 Å². The second kappa shape index (κ2) is 10.1. The number of alkyl halides is 1. The molecule has 0 aliphatic heterocycles. The lowest BCUT2D eigenvalue weighted by Gasteiger charge is -2.44. The maximum absolute atomic E-state index is 15.9. The molecule has 0 amide bonds. The number of nitrogens with zero attached hydrogens (tertiary/aromatic N) is 8. The summed E-state index contributed by atoms with van der Waals surface area (Å²) in [4.78, 5) is 6.18. The Kier molecular flexibility index (Phi) is 7.49. The number of tetrazole rings is 1. The van der Waals surface area contributed by atoms with Crippen LogP contribution in [0.4, 0.5) is 10.2 Å². The van der Waals surface area contributed by atoms with E-state index in [-0.39, 0.29) is 23.3 Å². The summed E-state index contributed by atoms with van der Waals surface area (Å²) in [6.45, 7) is 0. The fourth-order valence-electron chi connectivity index (χ4n) is 5.85. The van der Waals surface area contributed by atoms with Gasteiger partial charge in [0.2, 0.25) is 9.36 Å². The number of hydrogen-bond donors (Lipinski definition) is 9. The Hall–Kier alpha value is -0.370. The zero-order valence-electron chi connectivity index (χ0n) is 20.4. The van der Waals surface area contributed by atoms with Gasteiger partial charge >= 0.3 is 0 Å². The van der Waals surface area contributed by atoms with Gasteiger partial charge in [0.25, 0.3) is 0 Å². The van der Waals surface area contributed by atoms with Gasteiger partial charge in [0, 0.05) is 5.56 Å². The van der Waals surface area contributed by atoms with Crippen LogP contribution in [0.15, 0.2) is 24.4 Å². The minimum Gasteiger partial charge on any atom is -0.507 e. The summed E-state index contributed by atoms with van der Waals surface area (Å²) in [6.07, 6.45) is 3.77. The molecule has 3 saturated carbocycles. The summed E-state index contributed by atoms with van der Waals surface area (Å²) >= 11 is 36.2. The van der Waals surface area contributed by atoms with Crippen LogP contribution < -0.4 is 4.90 Å². The molecule has 1 aromatic carbocycles. The Labute approximate surface area is 273 Å². The molecule has 3 fully saturated rings. The summed E-state index contributed by atoms with van der Waals surface area (Å²) in [5, 5.41) is 31.5. The van der Waals surface area contributed by atoms with E-state index >= 15 is 4.39 Å². The number of thiol groups is 8. The molecule has 2 heterocycles. The number of anilines is 1. The molecule has 3 aliphatic carbocycles. The van der Waals surface area contributed by atoms with Crippen LogP contribution in [-0.4, -0.2) is 65.7 Å². The molecule has 18 heteroatoms. The first-order valence-corrected chi connectivity index (χ1v) is 15.8. The Morgan fingerprint density at radius 2 is 1.70 bits per heavy atom. The molecule has 2 bridgehead atoms. The summed E-state index contributed by atoms with van der Waals surface area (Å²) in [5.74, 6) is 0.977. The van der Waals surface area contributed by atoms with Crippen LogP contribution in [-0.2, 0) is 3.54 Å². The normalized spacial score (nSPS) is 27.9. The SMILES string of the molecule is Oc1cc(-c2nnn(C(S)(S)S)n2)ccc1-c1ncc(N([C@@H]2C[C@H]3CC[C@H](C3)[C@@H]2F)C2(S)C(S)(S)C2(S)S)nn1. The maximum atomic E-state index is 15.9. The van der Waals surface area contributed by atoms with Crippen molar-refractivity contribution in [1.82, 2.24) is 35.4 Å². The molecule has 40 heavy (non-hydrogen) atoms. The van der Waals surface area contributed by atoms with Gasteiger partial charge in [0.05, 0.1) is 17.8 Å². The molecule has 4 atom stereocenters. The third-order valence-electron chi connectivity index (χ3n) is 8.03. The summed E-state index contributed by atoms with van der Waals surface area (Å²) in [6, 6.07) is 4.22. The molecule has 6 rings (SSSR count). The van der Waals surface area contributed by atoms with Crippen LogP contribution in [0.25, 0.3) is 22.8 Å². The standard InChI is InChI=1S/C22H25FN8OS8/c23-16-10-2-1-9(5-10)6-13(16)30(19(33)20(34,35)21(19,36)37)15-8-24-18(26-25-15)12-4-3-11(7-14(12)32)17-27-29-31(28-17)22(38,39)40/h3-4,7-10,13,16,32-40H,1-2,5-6H2/t9-,10+,13+,16-/m0/s1. The first-order valence-electron chi connectivity index (χ1n) is 12.2. The lowest BCUT2D eigenvalue weighted by molar-refractivity contribution is 0.139. The molecule has 0 radical (unpaired) electrons. The number of benzene rings is 1. The topological polar surface area (TPSA) is 106 Å². The lowest BCUT2D eigenvalue weighted by atomic mass is 9.83. The van der Waals surface area contributed by atoms with E-state index in [0.717, 1.165) is 24.1 Å². The van der Waals surface area contributed by atoms with Crippen molar-refractivity contribution in [3.63, 3.8) is 0 Å². The van der Waals surface area contributed by atoms with E-state index in [4.69, 9.17) is 12.6 Å². The third kappa shape index (κ3) is 4.53. The van der Waals surface area contributed by atoms with E-state index in [1.807, 2.05) is 0 Å². The van der Waals surface area contributed by atoms with Crippen LogP contribution in [0.2, 0.25) is 0 Å². The molecule has 0 spiro atoms. The van der Waals surface area contributed by atoms with E-state index in [2.05, 4.69) is 119 Å². The molecule has 0 saturated heterocycles. The number of phenolic OH excluding ortho intramolecular Hbond substituents is 1. The van der Waals surface area contributed by atoms with Crippen molar-refractivity contribution in [2.75, 3.05) is 4.90 Å². The molecule has 214 valence electrons. The van der Waals surface area contributed by atoms with E-state index in [1.165, 1.54) is 12.3 Å². The molecule has 9 nitrogen and oxygen atoms in total. The van der Waals surface area contributed by atoms with Crippen LogP contribution in [0.1, 0.15) is 25.7 Å². The second-order valence-electron chi connectivity index (χ2n) is 10.4. The summed E-state index contributed by atoms with van der Waals surface area (Å²) < 4.78 is 12.5. The van der Waals surface area contributed by atoms with E-state index < -0.39 is 28.8 Å². The Bertz CT molecular complexity index is 1440. The first-order chi connectivity index (χ1) is 18.7. The van der Waals surface area contributed by atoms with Gasteiger partial charge < -0.3 is 10.0 Å². The van der Waals surface area contributed by atoms with Crippen molar-refractivity contribution in [3.8, 4) is 28.5 Å². The monoisotopic (exact) mass is 692 g/mol. The molecule has 3 aliphatic rings. The zero-order valence-corrected chi connectivity index (χ0v) is 27.6. The largest absolute Gasteiger partial charge is 0.507 e. The summed E-state index contributed by atoms with van der Waals surface area (Å²) in [5.41, 5.74) is 0.821. The number of aromatic nitrogens is 7. The number of fused-ring (bicyclic) bond motifs is 2. The molecule has 0 unspecified atom stereocenters. The van der Waals surface area contributed by atoms with Crippen LogP contribution in [0.5, 0.6) is 5.75 Å². The van der Waals surface area contributed by atoms with Gasteiger partial charge in [0.15, 0.2) is 11.6 Å². The Balaban J connectivity index is 1.32. The van der Waals surface area contributed by atoms with Crippen LogP contribution in [0.3, 0.4) is 0 Å². The molecule has 1 N–H and O–H groups in total. The highest BCUT2D eigenvalue weighted by atomic mass is 32.2. The number of phenols is 1. The molecule has 2 aromatic heterocycles. The predicted molar refractivity (Wildman–Crippen MR) is 178 cm³/mol. The van der Waals surface area contributed by atoms with Crippen LogP contribution >= 0.6 is 101 Å². The maximum Gasteiger partial charge on any atom is 0.213 e. The fraction of sp³-hybridized carbons (Fsp3) is 0.545. The van der Waals surface area contributed by atoms with Gasteiger partial charge in [-0.05, 0) is 54.9 Å². The zero-order chi connectivity index (χ0) is 28.8. The first kappa shape index (κ1) is 29.7. The smallest absolute Gasteiger partial charge is 0.213 e. The van der Waals surface area contributed by atoms with Gasteiger partial charge in [-0.15, -0.1) is 75.7 Å². The van der Waals surface area contributed by atoms with E-state index in [0.29, 0.717) is 29.3 Å². The van der Waals surface area contributed by atoms with Gasteiger partial charge in [-0.25, -0.2) is 9.37 Å². The van der Waals surface area contributed by atoms with E-state index in [9.17, 15) is 5.11 Å². The Morgan fingerprint density at radius 1 is 0.975 bits per heavy atom. The second-order valence-corrected chi connectivity index (χ2v) is 17.5. The average molecular weight is 693 g/mol. The van der Waals surface area contributed by atoms with Crippen molar-refractivity contribution >= 4 is 107 Å². The van der Waals surface area contributed by atoms with Crippen molar-refractivity contribution in [1.29, 1.82) is 0 Å². The third-order valence-corrected chi connectivity index (χ3v) is 13.5. The number of hydrogen-bond acceptors (Lipinski definition) is 16. The number of halogens is 1. The predicted octanol–water partition coefficient (Wildman–Crippen LogP) is 4.34. The van der Waals surface area contributed by atoms with Crippen molar-refractivity contribution in [3.05, 3.63) is 24.4 Å².